The average molecular weight is 269 g/mol. The molecule has 0 saturated carbocycles. The average Bonchev–Trinajstić information content (AvgIpc) is 2.67. The number of amides is 1. The molecule has 2 fully saturated rings. The molecule has 5 heteroatoms. The highest BCUT2D eigenvalue weighted by molar-refractivity contribution is 5.67. The summed E-state index contributed by atoms with van der Waals surface area (Å²) in [6.45, 7) is 10.8. The van der Waals surface area contributed by atoms with Gasteiger partial charge in [0.25, 0.3) is 0 Å². The Kier molecular flexibility index (Phi) is 4.68. The largest absolute Gasteiger partial charge is 0.444 e. The number of hydrogen-bond donors (Lipinski definition) is 2. The van der Waals surface area contributed by atoms with Crippen molar-refractivity contribution in [2.75, 3.05) is 32.7 Å². The van der Waals surface area contributed by atoms with E-state index in [0.717, 1.165) is 12.5 Å². The van der Waals surface area contributed by atoms with Crippen LogP contribution >= 0.6 is 0 Å². The Balaban J connectivity index is 1.58. The molecule has 110 valence electrons. The zero-order valence-electron chi connectivity index (χ0n) is 12.4. The van der Waals surface area contributed by atoms with Gasteiger partial charge < -0.3 is 20.3 Å². The lowest BCUT2D eigenvalue weighted by Crippen LogP contribution is -2.46. The monoisotopic (exact) mass is 269 g/mol. The van der Waals surface area contributed by atoms with E-state index in [1.165, 1.54) is 32.5 Å². The lowest BCUT2D eigenvalue weighted by Gasteiger charge is -2.31. The molecule has 1 amide bonds. The lowest BCUT2D eigenvalue weighted by molar-refractivity contribution is 0.0527. The fraction of sp³-hybridized carbons (Fsp3) is 0.929. The standard InChI is InChI=1S/C14H27N3O2/c1-14(2,3)19-13(18)16-7-6-15-12-5-9-17-8-4-11(12)10-17/h11-12,15H,4-10H2,1-3H3,(H,16,18). The van der Waals surface area contributed by atoms with Crippen LogP contribution in [0, 0.1) is 5.92 Å². The Hall–Kier alpha value is -0.810. The molecule has 0 aromatic carbocycles. The number of nitrogens with zero attached hydrogens (tertiary/aromatic N) is 1. The lowest BCUT2D eigenvalue weighted by atomic mass is 9.94. The van der Waals surface area contributed by atoms with Crippen molar-refractivity contribution in [3.05, 3.63) is 0 Å². The molecule has 19 heavy (non-hydrogen) atoms. The molecule has 2 N–H and O–H groups in total. The van der Waals surface area contributed by atoms with E-state index < -0.39 is 5.60 Å². The van der Waals surface area contributed by atoms with Crippen molar-refractivity contribution < 1.29 is 9.53 Å². The van der Waals surface area contributed by atoms with E-state index in [1.54, 1.807) is 0 Å². The van der Waals surface area contributed by atoms with Crippen LogP contribution in [-0.2, 0) is 4.74 Å². The van der Waals surface area contributed by atoms with E-state index in [4.69, 9.17) is 4.74 Å². The number of rotatable bonds is 4. The van der Waals surface area contributed by atoms with E-state index in [2.05, 4.69) is 15.5 Å². The molecule has 2 rings (SSSR count). The summed E-state index contributed by atoms with van der Waals surface area (Å²) >= 11 is 0. The predicted octanol–water partition coefficient (Wildman–Crippen LogP) is 1.19. The summed E-state index contributed by atoms with van der Waals surface area (Å²) in [5, 5.41) is 6.36. The molecule has 5 nitrogen and oxygen atoms in total. The van der Waals surface area contributed by atoms with Crippen molar-refractivity contribution in [3.8, 4) is 0 Å². The van der Waals surface area contributed by atoms with Gasteiger partial charge in [-0.15, -0.1) is 0 Å². The molecule has 3 atom stereocenters. The topological polar surface area (TPSA) is 53.6 Å². The van der Waals surface area contributed by atoms with Gasteiger partial charge in [-0.05, 0) is 52.6 Å². The first kappa shape index (κ1) is 14.6. The highest BCUT2D eigenvalue weighted by Gasteiger charge is 2.33. The quantitative estimate of drug-likeness (QED) is 0.753. The van der Waals surface area contributed by atoms with E-state index in [1.807, 2.05) is 20.8 Å². The SMILES string of the molecule is CC(C)(C)OC(=O)NCCNC1CCN2CCC1C2. The van der Waals surface area contributed by atoms with E-state index >= 15 is 0 Å². The fourth-order valence-electron chi connectivity index (χ4n) is 2.96. The first-order valence-electron chi connectivity index (χ1n) is 7.36. The summed E-state index contributed by atoms with van der Waals surface area (Å²) < 4.78 is 5.19. The van der Waals surface area contributed by atoms with E-state index in [0.29, 0.717) is 12.6 Å². The first-order valence-corrected chi connectivity index (χ1v) is 7.36. The third-order valence-corrected chi connectivity index (χ3v) is 3.83. The molecular weight excluding hydrogens is 242 g/mol. The molecule has 2 saturated heterocycles. The Morgan fingerprint density at radius 2 is 2.00 bits per heavy atom. The maximum Gasteiger partial charge on any atom is 0.407 e. The number of alkyl carbamates (subject to hydrolysis) is 1. The molecule has 0 spiro atoms. The Labute approximate surface area is 116 Å². The van der Waals surface area contributed by atoms with Crippen molar-refractivity contribution in [1.82, 2.24) is 15.5 Å². The van der Waals surface area contributed by atoms with Gasteiger partial charge in [0.1, 0.15) is 5.60 Å². The molecule has 0 aromatic rings. The second-order valence-corrected chi connectivity index (χ2v) is 6.63. The maximum absolute atomic E-state index is 11.5. The second-order valence-electron chi connectivity index (χ2n) is 6.63. The van der Waals surface area contributed by atoms with Gasteiger partial charge in [-0.2, -0.15) is 0 Å². The van der Waals surface area contributed by atoms with Crippen LogP contribution in [0.3, 0.4) is 0 Å². The third kappa shape index (κ3) is 4.66. The number of hydrogen-bond acceptors (Lipinski definition) is 4. The highest BCUT2D eigenvalue weighted by Crippen LogP contribution is 2.26. The van der Waals surface area contributed by atoms with Crippen LogP contribution in [-0.4, -0.2) is 55.4 Å². The highest BCUT2D eigenvalue weighted by atomic mass is 16.6. The van der Waals surface area contributed by atoms with Gasteiger partial charge in [0.2, 0.25) is 0 Å². The molecule has 0 aliphatic carbocycles. The summed E-state index contributed by atoms with van der Waals surface area (Å²) in [5.74, 6) is 0.801. The number of ether oxygens (including phenoxy) is 1. The van der Waals surface area contributed by atoms with Crippen molar-refractivity contribution in [3.63, 3.8) is 0 Å². The van der Waals surface area contributed by atoms with E-state index in [9.17, 15) is 4.79 Å². The molecule has 3 unspecified atom stereocenters. The second kappa shape index (κ2) is 6.09. The van der Waals surface area contributed by atoms with Crippen LogP contribution in [0.5, 0.6) is 0 Å². The summed E-state index contributed by atoms with van der Waals surface area (Å²) in [6.07, 6.45) is 2.22. The Morgan fingerprint density at radius 3 is 2.74 bits per heavy atom. The molecule has 2 heterocycles. The van der Waals surface area contributed by atoms with Crippen molar-refractivity contribution in [1.29, 1.82) is 0 Å². The predicted molar refractivity (Wildman–Crippen MR) is 75.2 cm³/mol. The molecule has 2 bridgehead atoms. The van der Waals surface area contributed by atoms with Gasteiger partial charge in [0.05, 0.1) is 0 Å². The van der Waals surface area contributed by atoms with Crippen LogP contribution in [0.25, 0.3) is 0 Å². The molecule has 2 aliphatic heterocycles. The van der Waals surface area contributed by atoms with Gasteiger partial charge in [0, 0.05) is 25.7 Å². The molecular formula is C14H27N3O2. The first-order chi connectivity index (χ1) is 8.94. The number of nitrogens with one attached hydrogen (secondary N) is 2. The number of piperidine rings is 1. The van der Waals surface area contributed by atoms with Gasteiger partial charge in [-0.25, -0.2) is 4.79 Å². The number of fused-ring (bicyclic) bond motifs is 2. The van der Waals surface area contributed by atoms with Crippen LogP contribution in [0.15, 0.2) is 0 Å². The van der Waals surface area contributed by atoms with Crippen LogP contribution in [0.4, 0.5) is 4.79 Å². The van der Waals surface area contributed by atoms with Gasteiger partial charge in [0.15, 0.2) is 0 Å². The van der Waals surface area contributed by atoms with Crippen LogP contribution < -0.4 is 10.6 Å². The summed E-state index contributed by atoms with van der Waals surface area (Å²) in [7, 11) is 0. The van der Waals surface area contributed by atoms with E-state index in [-0.39, 0.29) is 6.09 Å². The summed E-state index contributed by atoms with van der Waals surface area (Å²) in [6, 6.07) is 0.624. The van der Waals surface area contributed by atoms with Gasteiger partial charge in [-0.1, -0.05) is 0 Å². The minimum absolute atomic E-state index is 0.329. The Bertz CT molecular complexity index is 314. The Morgan fingerprint density at radius 1 is 1.26 bits per heavy atom. The smallest absolute Gasteiger partial charge is 0.407 e. The minimum atomic E-state index is -0.422. The van der Waals surface area contributed by atoms with Gasteiger partial charge in [-0.3, -0.25) is 0 Å². The zero-order valence-corrected chi connectivity index (χ0v) is 12.4. The summed E-state index contributed by atoms with van der Waals surface area (Å²) in [4.78, 5) is 14.0. The van der Waals surface area contributed by atoms with Crippen LogP contribution in [0.2, 0.25) is 0 Å². The number of carbonyl (C=O) groups is 1. The third-order valence-electron chi connectivity index (χ3n) is 3.83. The van der Waals surface area contributed by atoms with Crippen molar-refractivity contribution in [2.24, 2.45) is 5.92 Å². The summed E-state index contributed by atoms with van der Waals surface area (Å²) in [5.41, 5.74) is -0.422. The number of carbonyl (C=O) groups excluding carboxylic acids is 1. The maximum atomic E-state index is 11.5. The fourth-order valence-corrected chi connectivity index (χ4v) is 2.96. The van der Waals surface area contributed by atoms with Crippen molar-refractivity contribution >= 4 is 6.09 Å². The molecule has 2 aliphatic rings. The van der Waals surface area contributed by atoms with Gasteiger partial charge >= 0.3 is 6.09 Å². The van der Waals surface area contributed by atoms with Crippen LogP contribution in [0.1, 0.15) is 33.6 Å². The van der Waals surface area contributed by atoms with Crippen molar-refractivity contribution in [2.45, 2.75) is 45.3 Å². The normalized spacial score (nSPS) is 30.2. The molecule has 0 radical (unpaired) electrons. The minimum Gasteiger partial charge on any atom is -0.444 e. The molecule has 0 aromatic heterocycles. The zero-order chi connectivity index (χ0) is 13.9.